The highest BCUT2D eigenvalue weighted by Crippen LogP contribution is 2.17. The Labute approximate surface area is 152 Å². The molecule has 0 fully saturated rings. The molecule has 0 saturated carbocycles. The van der Waals surface area contributed by atoms with Gasteiger partial charge in [0.05, 0.1) is 19.8 Å². The molecule has 5 nitrogen and oxygen atoms in total. The molecule has 1 unspecified atom stereocenters. The SMILES string of the molecule is COc1ccc(COC(=O)Cc2ccc(OC3C=CC=CO3)cc2)cc1. The Balaban J connectivity index is 1.46. The number of carbonyl (C=O) groups is 1. The quantitative estimate of drug-likeness (QED) is 0.710. The smallest absolute Gasteiger partial charge is 0.310 e. The van der Waals surface area contributed by atoms with Crippen LogP contribution in [-0.2, 0) is 27.3 Å². The van der Waals surface area contributed by atoms with Gasteiger partial charge in [-0.2, -0.15) is 0 Å². The Kier molecular flexibility index (Phi) is 5.93. The van der Waals surface area contributed by atoms with Crippen LogP contribution in [0, 0.1) is 0 Å². The third-order valence-electron chi connectivity index (χ3n) is 3.75. The fourth-order valence-electron chi connectivity index (χ4n) is 2.36. The molecule has 3 rings (SSSR count). The number of ether oxygens (including phenoxy) is 4. The monoisotopic (exact) mass is 352 g/mol. The van der Waals surface area contributed by atoms with E-state index in [1.54, 1.807) is 19.4 Å². The average Bonchev–Trinajstić information content (AvgIpc) is 2.69. The second kappa shape index (κ2) is 8.76. The van der Waals surface area contributed by atoms with E-state index < -0.39 is 6.29 Å². The third-order valence-corrected chi connectivity index (χ3v) is 3.75. The van der Waals surface area contributed by atoms with Crippen molar-refractivity contribution >= 4 is 5.97 Å². The molecule has 0 aliphatic carbocycles. The molecule has 134 valence electrons. The van der Waals surface area contributed by atoms with E-state index >= 15 is 0 Å². The van der Waals surface area contributed by atoms with Crippen molar-refractivity contribution in [2.75, 3.05) is 7.11 Å². The summed E-state index contributed by atoms with van der Waals surface area (Å²) in [5, 5.41) is 0. The van der Waals surface area contributed by atoms with Gasteiger partial charge in [0.15, 0.2) is 0 Å². The molecule has 26 heavy (non-hydrogen) atoms. The normalized spacial score (nSPS) is 15.2. The molecule has 0 amide bonds. The second-order valence-corrected chi connectivity index (χ2v) is 5.67. The zero-order chi connectivity index (χ0) is 18.2. The molecule has 1 atom stereocenters. The van der Waals surface area contributed by atoms with Crippen LogP contribution in [0.15, 0.2) is 73.0 Å². The van der Waals surface area contributed by atoms with E-state index in [4.69, 9.17) is 18.9 Å². The van der Waals surface area contributed by atoms with Crippen molar-refractivity contribution < 1.29 is 23.7 Å². The molecular formula is C21H20O5. The van der Waals surface area contributed by atoms with Crippen molar-refractivity contribution in [3.05, 3.63) is 84.1 Å². The highest BCUT2D eigenvalue weighted by atomic mass is 16.7. The first-order valence-corrected chi connectivity index (χ1v) is 8.26. The summed E-state index contributed by atoms with van der Waals surface area (Å²) < 4.78 is 21.4. The van der Waals surface area contributed by atoms with Crippen molar-refractivity contribution in [2.24, 2.45) is 0 Å². The van der Waals surface area contributed by atoms with Crippen LogP contribution in [0.25, 0.3) is 0 Å². The molecule has 2 aromatic carbocycles. The van der Waals surface area contributed by atoms with Crippen LogP contribution in [0.5, 0.6) is 11.5 Å². The average molecular weight is 352 g/mol. The van der Waals surface area contributed by atoms with E-state index in [-0.39, 0.29) is 19.0 Å². The van der Waals surface area contributed by atoms with Crippen LogP contribution in [0.4, 0.5) is 0 Å². The largest absolute Gasteiger partial charge is 0.497 e. The van der Waals surface area contributed by atoms with E-state index in [1.807, 2.05) is 60.7 Å². The number of hydrogen-bond acceptors (Lipinski definition) is 5. The van der Waals surface area contributed by atoms with Crippen molar-refractivity contribution in [1.29, 1.82) is 0 Å². The van der Waals surface area contributed by atoms with E-state index in [9.17, 15) is 4.79 Å². The van der Waals surface area contributed by atoms with Crippen LogP contribution in [-0.4, -0.2) is 19.4 Å². The molecule has 1 aliphatic heterocycles. The van der Waals surface area contributed by atoms with Gasteiger partial charge in [-0.15, -0.1) is 0 Å². The van der Waals surface area contributed by atoms with E-state index in [0.717, 1.165) is 16.9 Å². The van der Waals surface area contributed by atoms with Gasteiger partial charge in [-0.05, 0) is 47.5 Å². The van der Waals surface area contributed by atoms with Gasteiger partial charge in [-0.1, -0.05) is 30.3 Å². The highest BCUT2D eigenvalue weighted by Gasteiger charge is 2.09. The van der Waals surface area contributed by atoms with E-state index in [1.165, 1.54) is 0 Å². The predicted molar refractivity (Wildman–Crippen MR) is 96.7 cm³/mol. The van der Waals surface area contributed by atoms with Gasteiger partial charge in [0.25, 0.3) is 6.29 Å². The molecule has 0 bridgehead atoms. The molecule has 0 spiro atoms. The summed E-state index contributed by atoms with van der Waals surface area (Å²) in [5.74, 6) is 1.16. The van der Waals surface area contributed by atoms with Gasteiger partial charge < -0.3 is 18.9 Å². The molecule has 0 aromatic heterocycles. The maximum Gasteiger partial charge on any atom is 0.310 e. The number of esters is 1. The minimum absolute atomic E-state index is 0.207. The van der Waals surface area contributed by atoms with Gasteiger partial charge in [0, 0.05) is 0 Å². The van der Waals surface area contributed by atoms with Gasteiger partial charge in [0.2, 0.25) is 0 Å². The van der Waals surface area contributed by atoms with E-state index in [0.29, 0.717) is 5.75 Å². The van der Waals surface area contributed by atoms with Gasteiger partial charge >= 0.3 is 5.97 Å². The number of carbonyl (C=O) groups excluding carboxylic acids is 1. The Hall–Kier alpha value is -3.21. The topological polar surface area (TPSA) is 54.0 Å². The summed E-state index contributed by atoms with van der Waals surface area (Å²) in [6.45, 7) is 0.239. The predicted octanol–water partition coefficient (Wildman–Crippen LogP) is 3.79. The zero-order valence-electron chi connectivity index (χ0n) is 14.5. The fraction of sp³-hybridized carbons (Fsp3) is 0.190. The van der Waals surface area contributed by atoms with Crippen molar-refractivity contribution in [1.82, 2.24) is 0 Å². The summed E-state index contributed by atoms with van der Waals surface area (Å²) in [6.07, 6.45) is 6.82. The molecule has 0 radical (unpaired) electrons. The first kappa shape index (κ1) is 17.6. The summed E-state index contributed by atoms with van der Waals surface area (Å²) in [5.41, 5.74) is 1.77. The van der Waals surface area contributed by atoms with Crippen LogP contribution in [0.2, 0.25) is 0 Å². The highest BCUT2D eigenvalue weighted by molar-refractivity contribution is 5.72. The van der Waals surface area contributed by atoms with Crippen LogP contribution < -0.4 is 9.47 Å². The summed E-state index contributed by atoms with van der Waals surface area (Å²) in [7, 11) is 1.61. The first-order chi connectivity index (χ1) is 12.7. The number of allylic oxidation sites excluding steroid dienone is 2. The summed E-state index contributed by atoms with van der Waals surface area (Å²) in [6, 6.07) is 14.7. The molecular weight excluding hydrogens is 332 g/mol. The molecule has 1 aliphatic rings. The number of methoxy groups -OCH3 is 1. The Bertz CT molecular complexity index is 775. The lowest BCUT2D eigenvalue weighted by Crippen LogP contribution is -2.16. The lowest BCUT2D eigenvalue weighted by atomic mass is 10.1. The zero-order valence-corrected chi connectivity index (χ0v) is 14.5. The van der Waals surface area contributed by atoms with E-state index in [2.05, 4.69) is 0 Å². The lowest BCUT2D eigenvalue weighted by Gasteiger charge is -2.16. The van der Waals surface area contributed by atoms with Gasteiger partial charge in [-0.3, -0.25) is 4.79 Å². The van der Waals surface area contributed by atoms with Crippen molar-refractivity contribution in [2.45, 2.75) is 19.3 Å². The Morgan fingerprint density at radius 2 is 1.65 bits per heavy atom. The summed E-state index contributed by atoms with van der Waals surface area (Å²) in [4.78, 5) is 12.0. The Morgan fingerprint density at radius 3 is 2.31 bits per heavy atom. The van der Waals surface area contributed by atoms with Crippen molar-refractivity contribution in [3.63, 3.8) is 0 Å². The molecule has 5 heteroatoms. The number of rotatable bonds is 7. The number of benzene rings is 2. The van der Waals surface area contributed by atoms with Gasteiger partial charge in [0.1, 0.15) is 18.1 Å². The minimum atomic E-state index is -0.430. The minimum Gasteiger partial charge on any atom is -0.497 e. The number of hydrogen-bond donors (Lipinski definition) is 0. The standard InChI is InChI=1S/C21H20O5/c1-23-18-9-7-17(8-10-18)15-25-20(22)14-16-5-11-19(12-6-16)26-21-4-2-3-13-24-21/h2-13,21H,14-15H2,1H3. The van der Waals surface area contributed by atoms with Crippen LogP contribution in [0.1, 0.15) is 11.1 Å². The summed E-state index contributed by atoms with van der Waals surface area (Å²) >= 11 is 0. The Morgan fingerprint density at radius 1 is 0.962 bits per heavy atom. The molecule has 0 saturated heterocycles. The van der Waals surface area contributed by atoms with Crippen molar-refractivity contribution in [3.8, 4) is 11.5 Å². The fourth-order valence-corrected chi connectivity index (χ4v) is 2.36. The van der Waals surface area contributed by atoms with Crippen LogP contribution >= 0.6 is 0 Å². The third kappa shape index (κ3) is 5.14. The van der Waals surface area contributed by atoms with Gasteiger partial charge in [-0.25, -0.2) is 0 Å². The molecule has 0 N–H and O–H groups in total. The van der Waals surface area contributed by atoms with Crippen LogP contribution in [0.3, 0.4) is 0 Å². The molecule has 2 aromatic rings. The lowest BCUT2D eigenvalue weighted by molar-refractivity contribution is -0.144. The molecule has 1 heterocycles. The second-order valence-electron chi connectivity index (χ2n) is 5.67. The first-order valence-electron chi connectivity index (χ1n) is 8.26. The maximum absolute atomic E-state index is 12.0. The maximum atomic E-state index is 12.0.